The Morgan fingerprint density at radius 2 is 2.14 bits per heavy atom. The lowest BCUT2D eigenvalue weighted by molar-refractivity contribution is 0.0573. The number of hydrogen-bond donors (Lipinski definition) is 1. The summed E-state index contributed by atoms with van der Waals surface area (Å²) >= 11 is 0. The molecule has 0 radical (unpaired) electrons. The van der Waals surface area contributed by atoms with Crippen molar-refractivity contribution in [3.8, 4) is 0 Å². The molecule has 3 aromatic rings. The predicted molar refractivity (Wildman–Crippen MR) is 93.3 cm³/mol. The smallest absolute Gasteiger partial charge is 0.314 e. The number of hydrogen-bond acceptors (Lipinski definition) is 4. The van der Waals surface area contributed by atoms with Crippen LogP contribution in [0.4, 0.5) is 23.8 Å². The number of aromatic nitrogens is 4. The lowest BCUT2D eigenvalue weighted by Crippen LogP contribution is -2.44. The quantitative estimate of drug-likeness (QED) is 0.680. The Morgan fingerprint density at radius 3 is 2.96 bits per heavy atom. The molecular weight excluding hydrogens is 373 g/mol. The van der Waals surface area contributed by atoms with Gasteiger partial charge in [0.15, 0.2) is 0 Å². The highest BCUT2D eigenvalue weighted by Crippen LogP contribution is 2.44. The van der Waals surface area contributed by atoms with Gasteiger partial charge in [0.1, 0.15) is 11.3 Å². The third kappa shape index (κ3) is 2.59. The summed E-state index contributed by atoms with van der Waals surface area (Å²) in [6, 6.07) is 2.60. The fraction of sp³-hybridized carbons (Fsp3) is 0.333. The Balaban J connectivity index is 1.41. The normalized spacial score (nSPS) is 20.6. The molecule has 2 unspecified atom stereocenters. The van der Waals surface area contributed by atoms with Crippen molar-refractivity contribution >= 4 is 22.8 Å². The Kier molecular flexibility index (Phi) is 3.74. The Bertz CT molecular complexity index is 1080. The number of pyridine rings is 2. The van der Waals surface area contributed by atoms with Crippen molar-refractivity contribution in [2.75, 3.05) is 5.32 Å². The highest BCUT2D eigenvalue weighted by atomic mass is 19.3. The first-order valence-corrected chi connectivity index (χ1v) is 8.87. The van der Waals surface area contributed by atoms with Gasteiger partial charge in [0.25, 0.3) is 0 Å². The third-order valence-corrected chi connectivity index (χ3v) is 5.42. The van der Waals surface area contributed by atoms with Gasteiger partial charge in [-0.15, -0.1) is 0 Å². The second-order valence-corrected chi connectivity index (χ2v) is 6.97. The first-order valence-electron chi connectivity index (χ1n) is 8.87. The molecular formula is C18H15F3N6O. The van der Waals surface area contributed by atoms with E-state index in [-0.39, 0.29) is 23.9 Å². The maximum atomic E-state index is 14.0. The molecule has 2 bridgehead atoms. The molecule has 144 valence electrons. The predicted octanol–water partition coefficient (Wildman–Crippen LogP) is 3.65. The minimum Gasteiger partial charge on any atom is -0.314 e. The second kappa shape index (κ2) is 6.18. The van der Waals surface area contributed by atoms with Crippen LogP contribution in [0.25, 0.3) is 10.9 Å². The average molecular weight is 388 g/mol. The van der Waals surface area contributed by atoms with E-state index < -0.39 is 12.5 Å². The van der Waals surface area contributed by atoms with Gasteiger partial charge in [-0.1, -0.05) is 0 Å². The minimum atomic E-state index is -2.75. The van der Waals surface area contributed by atoms with Gasteiger partial charge >= 0.3 is 12.6 Å². The van der Waals surface area contributed by atoms with E-state index in [2.05, 4.69) is 20.4 Å². The van der Waals surface area contributed by atoms with Gasteiger partial charge in [0.05, 0.1) is 12.2 Å². The standard InChI is InChI=1S/C18H15F3N6O/c19-16-12-6-10-1-2-14(11(12)3-4-22-16)27(10)18(28)24-15-5-9-8-26(17(20)21)25-13(9)7-23-15/h3-5,7-8,10,14,17H,1-2,6H2,(H,24,28). The number of anilines is 1. The van der Waals surface area contributed by atoms with Gasteiger partial charge in [0, 0.05) is 29.4 Å². The maximum Gasteiger partial charge on any atom is 0.333 e. The van der Waals surface area contributed by atoms with Crippen LogP contribution in [-0.4, -0.2) is 36.7 Å². The van der Waals surface area contributed by atoms with E-state index in [1.807, 2.05) is 0 Å². The van der Waals surface area contributed by atoms with Crippen LogP contribution >= 0.6 is 0 Å². The fourth-order valence-corrected chi connectivity index (χ4v) is 4.22. The van der Waals surface area contributed by atoms with Crippen molar-refractivity contribution in [2.45, 2.75) is 37.9 Å². The van der Waals surface area contributed by atoms with Gasteiger partial charge in [0.2, 0.25) is 5.95 Å². The van der Waals surface area contributed by atoms with Crippen LogP contribution in [0.1, 0.15) is 36.6 Å². The zero-order chi connectivity index (χ0) is 19.4. The molecule has 0 saturated carbocycles. The van der Waals surface area contributed by atoms with Crippen molar-refractivity contribution < 1.29 is 18.0 Å². The van der Waals surface area contributed by atoms with E-state index in [1.54, 1.807) is 11.0 Å². The van der Waals surface area contributed by atoms with Gasteiger partial charge in [-0.25, -0.2) is 19.4 Å². The number of urea groups is 1. The van der Waals surface area contributed by atoms with Crippen LogP contribution in [0.5, 0.6) is 0 Å². The van der Waals surface area contributed by atoms with Gasteiger partial charge in [-0.2, -0.15) is 18.3 Å². The van der Waals surface area contributed by atoms with Crippen LogP contribution in [0.2, 0.25) is 0 Å². The molecule has 2 amide bonds. The molecule has 1 saturated heterocycles. The number of rotatable bonds is 2. The topological polar surface area (TPSA) is 75.9 Å². The number of nitrogens with zero attached hydrogens (tertiary/aromatic N) is 5. The van der Waals surface area contributed by atoms with E-state index in [9.17, 15) is 18.0 Å². The number of nitrogens with one attached hydrogen (secondary N) is 1. The first kappa shape index (κ1) is 17.0. The van der Waals surface area contributed by atoms with Gasteiger partial charge in [-0.3, -0.25) is 5.32 Å². The van der Waals surface area contributed by atoms with E-state index in [1.165, 1.54) is 24.7 Å². The van der Waals surface area contributed by atoms with Gasteiger partial charge < -0.3 is 4.90 Å². The molecule has 2 aliphatic rings. The number of carbonyl (C=O) groups is 1. The molecule has 28 heavy (non-hydrogen) atoms. The largest absolute Gasteiger partial charge is 0.333 e. The SMILES string of the molecule is O=C(Nc1cc2cn(C(F)F)nc2cn1)N1C2CCC1c1ccnc(F)c1C2. The van der Waals surface area contributed by atoms with Crippen molar-refractivity contribution in [1.29, 1.82) is 0 Å². The summed E-state index contributed by atoms with van der Waals surface area (Å²) in [7, 11) is 0. The molecule has 0 aliphatic carbocycles. The molecule has 5 heterocycles. The average Bonchev–Trinajstić information content (AvgIpc) is 3.23. The molecule has 3 aromatic heterocycles. The number of fused-ring (bicyclic) bond motifs is 5. The van der Waals surface area contributed by atoms with Crippen molar-refractivity contribution in [3.63, 3.8) is 0 Å². The number of alkyl halides is 2. The second-order valence-electron chi connectivity index (χ2n) is 6.97. The number of carbonyl (C=O) groups excluding carboxylic acids is 1. The summed E-state index contributed by atoms with van der Waals surface area (Å²) in [5.41, 5.74) is 1.68. The summed E-state index contributed by atoms with van der Waals surface area (Å²) in [6.45, 7) is -2.75. The lowest BCUT2D eigenvalue weighted by Gasteiger charge is -2.36. The van der Waals surface area contributed by atoms with Crippen LogP contribution in [0, 0.1) is 5.95 Å². The first-order chi connectivity index (χ1) is 13.5. The van der Waals surface area contributed by atoms with Crippen LogP contribution in [-0.2, 0) is 6.42 Å². The zero-order valence-corrected chi connectivity index (χ0v) is 14.5. The molecule has 7 nitrogen and oxygen atoms in total. The molecule has 5 rings (SSSR count). The van der Waals surface area contributed by atoms with E-state index in [4.69, 9.17) is 0 Å². The van der Waals surface area contributed by atoms with Crippen LogP contribution in [0.3, 0.4) is 0 Å². The fourth-order valence-electron chi connectivity index (χ4n) is 4.22. The van der Waals surface area contributed by atoms with Crippen molar-refractivity contribution in [2.24, 2.45) is 0 Å². The van der Waals surface area contributed by atoms with Gasteiger partial charge in [-0.05, 0) is 37.0 Å². The lowest BCUT2D eigenvalue weighted by atomic mass is 9.95. The van der Waals surface area contributed by atoms with Crippen LogP contribution < -0.4 is 5.32 Å². The Labute approximate surface area is 157 Å². The summed E-state index contributed by atoms with van der Waals surface area (Å²) < 4.78 is 40.1. The number of halogens is 3. The number of amides is 2. The molecule has 10 heteroatoms. The van der Waals surface area contributed by atoms with Crippen molar-refractivity contribution in [1.82, 2.24) is 24.6 Å². The third-order valence-electron chi connectivity index (χ3n) is 5.42. The van der Waals surface area contributed by atoms with E-state index >= 15 is 0 Å². The van der Waals surface area contributed by atoms with E-state index in [0.29, 0.717) is 27.6 Å². The molecule has 2 aliphatic heterocycles. The summed E-state index contributed by atoms with van der Waals surface area (Å²) in [4.78, 5) is 22.4. The van der Waals surface area contributed by atoms with E-state index in [0.717, 1.165) is 18.4 Å². The Hall–Kier alpha value is -3.17. The molecule has 1 N–H and O–H groups in total. The highest BCUT2D eigenvalue weighted by Gasteiger charge is 2.43. The molecule has 1 fully saturated rings. The summed E-state index contributed by atoms with van der Waals surface area (Å²) in [5, 5.41) is 6.91. The summed E-state index contributed by atoms with van der Waals surface area (Å²) in [6.07, 6.45) is 5.91. The molecule has 2 atom stereocenters. The maximum absolute atomic E-state index is 14.0. The monoisotopic (exact) mass is 388 g/mol. The molecule has 0 aromatic carbocycles. The highest BCUT2D eigenvalue weighted by molar-refractivity contribution is 5.91. The Morgan fingerprint density at radius 1 is 1.29 bits per heavy atom. The van der Waals surface area contributed by atoms with Crippen molar-refractivity contribution in [3.05, 3.63) is 47.8 Å². The molecule has 0 spiro atoms. The van der Waals surface area contributed by atoms with Crippen LogP contribution in [0.15, 0.2) is 30.7 Å². The zero-order valence-electron chi connectivity index (χ0n) is 14.5. The summed E-state index contributed by atoms with van der Waals surface area (Å²) in [5.74, 6) is -0.227. The minimum absolute atomic E-state index is 0.110.